The van der Waals surface area contributed by atoms with Crippen LogP contribution in [0, 0.1) is 23.7 Å². The summed E-state index contributed by atoms with van der Waals surface area (Å²) in [5, 5.41) is 9.38. The minimum Gasteiger partial charge on any atom is -0.481 e. The van der Waals surface area contributed by atoms with Crippen LogP contribution in [0.3, 0.4) is 0 Å². The molecule has 5 atom stereocenters. The van der Waals surface area contributed by atoms with Gasteiger partial charge < -0.3 is 10.0 Å². The van der Waals surface area contributed by atoms with Crippen LogP contribution in [0.1, 0.15) is 52.9 Å². The van der Waals surface area contributed by atoms with Gasteiger partial charge in [0.2, 0.25) is 5.91 Å². The summed E-state index contributed by atoms with van der Waals surface area (Å²) in [4.78, 5) is 26.1. The van der Waals surface area contributed by atoms with E-state index in [4.69, 9.17) is 0 Å². The fourth-order valence-electron chi connectivity index (χ4n) is 3.97. The molecule has 0 spiro atoms. The van der Waals surface area contributed by atoms with Crippen LogP contribution in [0.5, 0.6) is 0 Å². The van der Waals surface area contributed by atoms with Gasteiger partial charge >= 0.3 is 5.97 Å². The monoisotopic (exact) mass is 281 g/mol. The normalized spacial score (nSPS) is 38.0. The van der Waals surface area contributed by atoms with Crippen molar-refractivity contribution < 1.29 is 14.7 Å². The molecule has 0 aromatic heterocycles. The van der Waals surface area contributed by atoms with E-state index in [1.54, 1.807) is 0 Å². The molecule has 0 radical (unpaired) electrons. The predicted octanol–water partition coefficient (Wildman–Crippen LogP) is 2.77. The van der Waals surface area contributed by atoms with E-state index in [9.17, 15) is 14.7 Å². The molecule has 20 heavy (non-hydrogen) atoms. The smallest absolute Gasteiger partial charge is 0.307 e. The van der Waals surface area contributed by atoms with Gasteiger partial charge in [-0.05, 0) is 44.4 Å². The van der Waals surface area contributed by atoms with Crippen LogP contribution in [0.25, 0.3) is 0 Å². The van der Waals surface area contributed by atoms with E-state index >= 15 is 0 Å². The molecule has 1 saturated heterocycles. The first-order chi connectivity index (χ1) is 9.43. The molecule has 114 valence electrons. The van der Waals surface area contributed by atoms with E-state index in [0.29, 0.717) is 18.3 Å². The highest BCUT2D eigenvalue weighted by Crippen LogP contribution is 2.40. The van der Waals surface area contributed by atoms with E-state index in [2.05, 4.69) is 20.8 Å². The number of carboxylic acids is 1. The van der Waals surface area contributed by atoms with E-state index in [0.717, 1.165) is 32.2 Å². The Labute approximate surface area is 121 Å². The van der Waals surface area contributed by atoms with Crippen molar-refractivity contribution in [1.82, 2.24) is 4.90 Å². The Morgan fingerprint density at radius 3 is 2.35 bits per heavy atom. The molecule has 1 saturated carbocycles. The van der Waals surface area contributed by atoms with Gasteiger partial charge in [0.1, 0.15) is 0 Å². The third-order valence-corrected chi connectivity index (χ3v) is 5.29. The molecule has 1 heterocycles. The highest BCUT2D eigenvalue weighted by molar-refractivity contribution is 5.85. The molecule has 4 heteroatoms. The van der Waals surface area contributed by atoms with Crippen molar-refractivity contribution in [2.75, 3.05) is 6.54 Å². The van der Waals surface area contributed by atoms with Gasteiger partial charge in [-0.2, -0.15) is 0 Å². The zero-order valence-electron chi connectivity index (χ0n) is 12.8. The lowest BCUT2D eigenvalue weighted by atomic mass is 9.89. The molecule has 4 nitrogen and oxygen atoms in total. The summed E-state index contributed by atoms with van der Waals surface area (Å²) in [6.07, 6.45) is 4.47. The van der Waals surface area contributed by atoms with Gasteiger partial charge in [0.05, 0.1) is 11.8 Å². The van der Waals surface area contributed by atoms with Crippen molar-refractivity contribution >= 4 is 11.9 Å². The number of piperidine rings is 1. The number of amides is 1. The maximum atomic E-state index is 12.8. The summed E-state index contributed by atoms with van der Waals surface area (Å²) >= 11 is 0. The summed E-state index contributed by atoms with van der Waals surface area (Å²) in [5.41, 5.74) is 0. The van der Waals surface area contributed by atoms with Gasteiger partial charge in [-0.1, -0.05) is 20.3 Å². The number of hydrogen-bond donors (Lipinski definition) is 1. The maximum absolute atomic E-state index is 12.8. The molecule has 1 aliphatic heterocycles. The van der Waals surface area contributed by atoms with E-state index in [1.807, 2.05) is 4.90 Å². The zero-order valence-corrected chi connectivity index (χ0v) is 12.8. The number of nitrogens with zero attached hydrogens (tertiary/aromatic N) is 1. The Kier molecular flexibility index (Phi) is 4.71. The number of carboxylic acid groups (broad SMARTS) is 1. The lowest BCUT2D eigenvalue weighted by molar-refractivity contribution is -0.150. The largest absolute Gasteiger partial charge is 0.481 e. The van der Waals surface area contributed by atoms with Crippen LogP contribution < -0.4 is 0 Å². The van der Waals surface area contributed by atoms with Crippen LogP contribution in [-0.4, -0.2) is 34.5 Å². The lowest BCUT2D eigenvalue weighted by Crippen LogP contribution is -2.48. The first-order valence-corrected chi connectivity index (χ1v) is 7.97. The molecule has 2 aliphatic rings. The molecule has 1 amide bonds. The first kappa shape index (κ1) is 15.3. The zero-order chi connectivity index (χ0) is 14.9. The Balaban J connectivity index is 2.08. The Bertz CT molecular complexity index is 382. The average molecular weight is 281 g/mol. The minimum absolute atomic E-state index is 0.0905. The molecule has 1 aliphatic carbocycles. The highest BCUT2D eigenvalue weighted by Gasteiger charge is 2.44. The summed E-state index contributed by atoms with van der Waals surface area (Å²) in [6, 6.07) is 0.251. The lowest BCUT2D eigenvalue weighted by Gasteiger charge is -2.38. The SMILES string of the molecule is CCC1C[C@H](C(=O)N2CCC(C)CC2C)[C@H](C(=O)O)C1. The van der Waals surface area contributed by atoms with Crippen molar-refractivity contribution in [2.45, 2.75) is 58.9 Å². The fraction of sp³-hybridized carbons (Fsp3) is 0.875. The van der Waals surface area contributed by atoms with Crippen LogP contribution in [0.15, 0.2) is 0 Å². The Morgan fingerprint density at radius 2 is 1.80 bits per heavy atom. The van der Waals surface area contributed by atoms with Gasteiger partial charge in [-0.15, -0.1) is 0 Å². The van der Waals surface area contributed by atoms with Crippen molar-refractivity contribution in [1.29, 1.82) is 0 Å². The number of hydrogen-bond acceptors (Lipinski definition) is 2. The van der Waals surface area contributed by atoms with E-state index in [-0.39, 0.29) is 17.9 Å². The third-order valence-electron chi connectivity index (χ3n) is 5.29. The summed E-state index contributed by atoms with van der Waals surface area (Å²) in [5.74, 6) is -0.419. The van der Waals surface area contributed by atoms with Gasteiger partial charge in [-0.25, -0.2) is 0 Å². The maximum Gasteiger partial charge on any atom is 0.307 e. The summed E-state index contributed by atoms with van der Waals surface area (Å²) in [6.45, 7) is 7.19. The van der Waals surface area contributed by atoms with Crippen molar-refractivity contribution in [2.24, 2.45) is 23.7 Å². The van der Waals surface area contributed by atoms with Crippen LogP contribution in [0.2, 0.25) is 0 Å². The van der Waals surface area contributed by atoms with Gasteiger partial charge in [0.15, 0.2) is 0 Å². The molecule has 0 aromatic carbocycles. The van der Waals surface area contributed by atoms with Crippen molar-refractivity contribution in [3.63, 3.8) is 0 Å². The number of aliphatic carboxylic acids is 1. The van der Waals surface area contributed by atoms with Gasteiger partial charge in [0.25, 0.3) is 0 Å². The second-order valence-electron chi connectivity index (χ2n) is 6.81. The highest BCUT2D eigenvalue weighted by atomic mass is 16.4. The minimum atomic E-state index is -0.794. The molecule has 3 unspecified atom stereocenters. The Hall–Kier alpha value is -1.06. The van der Waals surface area contributed by atoms with Gasteiger partial charge in [0, 0.05) is 12.6 Å². The summed E-state index contributed by atoms with van der Waals surface area (Å²) in [7, 11) is 0. The molecule has 1 N–H and O–H groups in total. The molecular formula is C16H27NO3. The van der Waals surface area contributed by atoms with Crippen LogP contribution in [-0.2, 0) is 9.59 Å². The molecular weight excluding hydrogens is 254 g/mol. The van der Waals surface area contributed by atoms with Crippen molar-refractivity contribution in [3.8, 4) is 0 Å². The number of carbonyl (C=O) groups excluding carboxylic acids is 1. The predicted molar refractivity (Wildman–Crippen MR) is 77.2 cm³/mol. The fourth-order valence-corrected chi connectivity index (χ4v) is 3.97. The van der Waals surface area contributed by atoms with E-state index < -0.39 is 11.9 Å². The second kappa shape index (κ2) is 6.15. The van der Waals surface area contributed by atoms with Crippen LogP contribution in [0.4, 0.5) is 0 Å². The third kappa shape index (κ3) is 2.99. The molecule has 0 bridgehead atoms. The number of carbonyl (C=O) groups is 2. The first-order valence-electron chi connectivity index (χ1n) is 7.97. The molecule has 2 fully saturated rings. The second-order valence-corrected chi connectivity index (χ2v) is 6.81. The standard InChI is InChI=1S/C16H27NO3/c1-4-12-8-13(14(9-12)16(19)20)15(18)17-6-5-10(2)7-11(17)3/h10-14H,4-9H2,1-3H3,(H,19,20)/t10?,11?,12?,13-,14+/m0/s1. The van der Waals surface area contributed by atoms with Gasteiger partial charge in [-0.3, -0.25) is 9.59 Å². The molecule has 0 aromatic rings. The number of rotatable bonds is 3. The van der Waals surface area contributed by atoms with E-state index in [1.165, 1.54) is 0 Å². The summed E-state index contributed by atoms with van der Waals surface area (Å²) < 4.78 is 0. The number of likely N-dealkylation sites (tertiary alicyclic amines) is 1. The average Bonchev–Trinajstić information content (AvgIpc) is 2.82. The Morgan fingerprint density at radius 1 is 1.15 bits per heavy atom. The van der Waals surface area contributed by atoms with Crippen LogP contribution >= 0.6 is 0 Å². The quantitative estimate of drug-likeness (QED) is 0.865. The molecule has 2 rings (SSSR count). The van der Waals surface area contributed by atoms with Crippen molar-refractivity contribution in [3.05, 3.63) is 0 Å². The topological polar surface area (TPSA) is 57.6 Å².